The highest BCUT2D eigenvalue weighted by atomic mass is 32.2. The second-order valence-corrected chi connectivity index (χ2v) is 7.90. The van der Waals surface area contributed by atoms with E-state index in [4.69, 9.17) is 5.26 Å². The predicted octanol–water partition coefficient (Wildman–Crippen LogP) is 1.99. The van der Waals surface area contributed by atoms with Crippen molar-refractivity contribution in [2.75, 3.05) is 24.2 Å². The second-order valence-electron chi connectivity index (χ2n) is 5.65. The topological polar surface area (TPSA) is 90.3 Å². The Bertz CT molecular complexity index is 729. The zero-order chi connectivity index (χ0) is 17.0. The monoisotopic (exact) mass is 335 g/mol. The molecule has 124 valence electrons. The van der Waals surface area contributed by atoms with E-state index in [1.807, 2.05) is 0 Å². The summed E-state index contributed by atoms with van der Waals surface area (Å²) in [7, 11) is -3.14. The zero-order valence-electron chi connectivity index (χ0n) is 13.4. The third-order valence-electron chi connectivity index (χ3n) is 4.10. The van der Waals surface area contributed by atoms with Crippen LogP contribution in [0, 0.1) is 11.3 Å². The van der Waals surface area contributed by atoms with Crippen molar-refractivity contribution < 1.29 is 13.2 Å². The maximum absolute atomic E-state index is 11.9. The fourth-order valence-electron chi connectivity index (χ4n) is 2.72. The van der Waals surface area contributed by atoms with Crippen molar-refractivity contribution in [1.29, 1.82) is 5.26 Å². The zero-order valence-corrected chi connectivity index (χ0v) is 14.2. The van der Waals surface area contributed by atoms with Gasteiger partial charge in [0.1, 0.15) is 0 Å². The van der Waals surface area contributed by atoms with Crippen LogP contribution in [0.3, 0.4) is 0 Å². The van der Waals surface area contributed by atoms with E-state index in [0.29, 0.717) is 42.7 Å². The molecule has 1 saturated heterocycles. The van der Waals surface area contributed by atoms with Gasteiger partial charge in [0, 0.05) is 30.4 Å². The van der Waals surface area contributed by atoms with Crippen LogP contribution in [0.1, 0.15) is 42.6 Å². The molecule has 0 atom stereocenters. The number of Topliss-reactive ketones (excluding diaryl/α,β-unsaturated/α-hetero) is 1. The van der Waals surface area contributed by atoms with E-state index >= 15 is 0 Å². The number of hydrogen-bond donors (Lipinski definition) is 1. The van der Waals surface area contributed by atoms with Gasteiger partial charge in [0.15, 0.2) is 5.78 Å². The van der Waals surface area contributed by atoms with E-state index in [-0.39, 0.29) is 17.6 Å². The highest BCUT2D eigenvalue weighted by molar-refractivity contribution is 7.89. The molecular formula is C16H21N3O3S. The van der Waals surface area contributed by atoms with Crippen molar-refractivity contribution >= 4 is 21.5 Å². The number of nitriles is 1. The van der Waals surface area contributed by atoms with Crippen LogP contribution >= 0.6 is 0 Å². The van der Waals surface area contributed by atoms with E-state index in [1.54, 1.807) is 25.1 Å². The highest BCUT2D eigenvalue weighted by Crippen LogP contribution is 2.23. The number of carbonyl (C=O) groups excluding carboxylic acids is 1. The van der Waals surface area contributed by atoms with Crippen molar-refractivity contribution in [2.24, 2.45) is 0 Å². The standard InChI is InChI=1S/C16H21N3O3S/c1-3-23(21,22)19-8-6-14(7-9-19)18-16-10-13(11-17)4-5-15(16)12(2)20/h4-5,10,14,18H,3,6-9H2,1-2H3. The number of ketones is 1. The van der Waals surface area contributed by atoms with Crippen molar-refractivity contribution in [3.8, 4) is 6.07 Å². The van der Waals surface area contributed by atoms with Crippen LogP contribution in [0.5, 0.6) is 0 Å². The summed E-state index contributed by atoms with van der Waals surface area (Å²) >= 11 is 0. The fraction of sp³-hybridized carbons (Fsp3) is 0.500. The van der Waals surface area contributed by atoms with Crippen molar-refractivity contribution in [3.63, 3.8) is 0 Å². The minimum absolute atomic E-state index is 0.0667. The maximum atomic E-state index is 11.9. The third kappa shape index (κ3) is 4.09. The van der Waals surface area contributed by atoms with Crippen LogP contribution in [0.15, 0.2) is 18.2 Å². The second kappa shape index (κ2) is 7.11. The first-order valence-corrected chi connectivity index (χ1v) is 9.27. The summed E-state index contributed by atoms with van der Waals surface area (Å²) in [5.74, 6) is 0.0482. The van der Waals surface area contributed by atoms with Gasteiger partial charge in [-0.15, -0.1) is 0 Å². The van der Waals surface area contributed by atoms with Crippen LogP contribution in [-0.4, -0.2) is 43.4 Å². The lowest BCUT2D eigenvalue weighted by atomic mass is 10.0. The lowest BCUT2D eigenvalue weighted by Gasteiger charge is -2.32. The van der Waals surface area contributed by atoms with E-state index in [0.717, 1.165) is 0 Å². The van der Waals surface area contributed by atoms with Crippen molar-refractivity contribution in [2.45, 2.75) is 32.7 Å². The van der Waals surface area contributed by atoms with Gasteiger partial charge in [0.05, 0.1) is 17.4 Å². The van der Waals surface area contributed by atoms with Gasteiger partial charge in [-0.25, -0.2) is 12.7 Å². The number of nitrogens with one attached hydrogen (secondary N) is 1. The molecule has 23 heavy (non-hydrogen) atoms. The number of carbonyl (C=O) groups is 1. The summed E-state index contributed by atoms with van der Waals surface area (Å²) in [5, 5.41) is 12.3. The molecule has 1 aliphatic rings. The Balaban J connectivity index is 2.10. The molecular weight excluding hydrogens is 314 g/mol. The number of rotatable bonds is 5. The number of piperidine rings is 1. The normalized spacial score (nSPS) is 16.7. The van der Waals surface area contributed by atoms with E-state index < -0.39 is 10.0 Å². The van der Waals surface area contributed by atoms with Crippen LogP contribution in [0.25, 0.3) is 0 Å². The predicted molar refractivity (Wildman–Crippen MR) is 88.8 cm³/mol. The molecule has 0 unspecified atom stereocenters. The fourth-order valence-corrected chi connectivity index (χ4v) is 3.85. The first-order chi connectivity index (χ1) is 10.9. The molecule has 1 aromatic carbocycles. The number of anilines is 1. The SMILES string of the molecule is CCS(=O)(=O)N1CCC(Nc2cc(C#N)ccc2C(C)=O)CC1. The third-order valence-corrected chi connectivity index (χ3v) is 5.98. The molecule has 0 bridgehead atoms. The first kappa shape index (κ1) is 17.4. The highest BCUT2D eigenvalue weighted by Gasteiger charge is 2.27. The Morgan fingerprint density at radius 1 is 1.39 bits per heavy atom. The van der Waals surface area contributed by atoms with Crippen LogP contribution in [-0.2, 0) is 10.0 Å². The Kier molecular flexibility index (Phi) is 5.39. The summed E-state index contributed by atoms with van der Waals surface area (Å²) in [6, 6.07) is 7.10. The van der Waals surface area contributed by atoms with Gasteiger partial charge in [-0.2, -0.15) is 5.26 Å². The summed E-state index contributed by atoms with van der Waals surface area (Å²) in [4.78, 5) is 11.7. The molecule has 0 radical (unpaired) electrons. The molecule has 7 heteroatoms. The largest absolute Gasteiger partial charge is 0.382 e. The molecule has 0 aliphatic carbocycles. The molecule has 6 nitrogen and oxygen atoms in total. The van der Waals surface area contributed by atoms with Crippen LogP contribution in [0.2, 0.25) is 0 Å². The number of hydrogen-bond acceptors (Lipinski definition) is 5. The summed E-state index contributed by atoms with van der Waals surface area (Å²) < 4.78 is 25.3. The molecule has 0 aromatic heterocycles. The Morgan fingerprint density at radius 2 is 2.04 bits per heavy atom. The Morgan fingerprint density at radius 3 is 2.57 bits per heavy atom. The molecule has 1 fully saturated rings. The van der Waals surface area contributed by atoms with Crippen LogP contribution < -0.4 is 5.32 Å². The molecule has 1 N–H and O–H groups in total. The Labute approximate surface area is 137 Å². The van der Waals surface area contributed by atoms with E-state index in [2.05, 4.69) is 11.4 Å². The van der Waals surface area contributed by atoms with Gasteiger partial charge in [-0.1, -0.05) is 0 Å². The molecule has 1 heterocycles. The molecule has 2 rings (SSSR count). The van der Waals surface area contributed by atoms with Crippen molar-refractivity contribution in [3.05, 3.63) is 29.3 Å². The van der Waals surface area contributed by atoms with Gasteiger partial charge in [0.25, 0.3) is 0 Å². The van der Waals surface area contributed by atoms with E-state index in [9.17, 15) is 13.2 Å². The summed E-state index contributed by atoms with van der Waals surface area (Å²) in [6.45, 7) is 4.08. The van der Waals surface area contributed by atoms with Gasteiger partial charge in [-0.3, -0.25) is 4.79 Å². The lowest BCUT2D eigenvalue weighted by Crippen LogP contribution is -2.43. The van der Waals surface area contributed by atoms with Gasteiger partial charge in [0.2, 0.25) is 10.0 Å². The quantitative estimate of drug-likeness (QED) is 0.831. The minimum Gasteiger partial charge on any atom is -0.382 e. The van der Waals surface area contributed by atoms with Crippen molar-refractivity contribution in [1.82, 2.24) is 4.31 Å². The van der Waals surface area contributed by atoms with Gasteiger partial charge < -0.3 is 5.32 Å². The number of benzene rings is 1. The molecule has 1 aromatic rings. The van der Waals surface area contributed by atoms with Crippen LogP contribution in [0.4, 0.5) is 5.69 Å². The minimum atomic E-state index is -3.14. The Hall–Kier alpha value is -1.91. The average Bonchev–Trinajstić information content (AvgIpc) is 2.55. The van der Waals surface area contributed by atoms with E-state index in [1.165, 1.54) is 11.2 Å². The summed E-state index contributed by atoms with van der Waals surface area (Å²) in [6.07, 6.45) is 1.35. The molecule has 0 saturated carbocycles. The molecule has 0 spiro atoms. The maximum Gasteiger partial charge on any atom is 0.213 e. The first-order valence-electron chi connectivity index (χ1n) is 7.67. The smallest absolute Gasteiger partial charge is 0.213 e. The number of nitrogens with zero attached hydrogens (tertiary/aromatic N) is 2. The van der Waals surface area contributed by atoms with Gasteiger partial charge >= 0.3 is 0 Å². The summed E-state index contributed by atoms with van der Waals surface area (Å²) in [5.41, 5.74) is 1.68. The lowest BCUT2D eigenvalue weighted by molar-refractivity contribution is 0.101. The number of sulfonamides is 1. The molecule has 0 amide bonds. The average molecular weight is 335 g/mol. The molecule has 1 aliphatic heterocycles. The van der Waals surface area contributed by atoms with Gasteiger partial charge in [-0.05, 0) is 44.9 Å².